The molecule has 728 valence electrons. The molecule has 35 nitrogen and oxygen atoms in total. The summed E-state index contributed by atoms with van der Waals surface area (Å²) in [7, 11) is 2.58. The van der Waals surface area contributed by atoms with Crippen molar-refractivity contribution in [1.29, 1.82) is 0 Å². The minimum atomic E-state index is -1.07. The number of Topliss-reactive ketones (excluding diaryl/α,β-unsaturated/α-hetero) is 5. The Kier molecular flexibility index (Phi) is 34.7. The summed E-state index contributed by atoms with van der Waals surface area (Å²) in [4.78, 5) is 182. The monoisotopic (exact) mass is 1920 g/mol. The number of aromatic carboxylic acids is 1. The van der Waals surface area contributed by atoms with Crippen molar-refractivity contribution in [1.82, 2.24) is 44.1 Å². The minimum absolute atomic E-state index is 0.0538. The number of methoxy groups -OCH3 is 2. The number of anilines is 2. The van der Waals surface area contributed by atoms with Gasteiger partial charge in [0.1, 0.15) is 0 Å². The predicted octanol–water partition coefficient (Wildman–Crippen LogP) is 9.83. The minimum Gasteiger partial charge on any atom is -0.478 e. The van der Waals surface area contributed by atoms with Crippen LogP contribution in [-0.2, 0) is 122 Å². The van der Waals surface area contributed by atoms with Crippen LogP contribution in [0.2, 0.25) is 0 Å². The fourth-order valence-electron chi connectivity index (χ4n) is 17.5. The van der Waals surface area contributed by atoms with E-state index in [9.17, 15) is 94.6 Å². The molecule has 5 amide bonds. The van der Waals surface area contributed by atoms with E-state index in [0.717, 1.165) is 99.5 Å². The Hall–Kier alpha value is -11.9. The van der Waals surface area contributed by atoms with Gasteiger partial charge in [-0.2, -0.15) is 0 Å². The van der Waals surface area contributed by atoms with Crippen molar-refractivity contribution in [3.63, 3.8) is 0 Å². The number of nitrogen functional groups attached to an aromatic ring is 1. The summed E-state index contributed by atoms with van der Waals surface area (Å²) < 4.78 is 95.0. The number of nitrogens with two attached hydrogens (primary N) is 2. The number of carboxylic acids is 1. The first-order valence-electron chi connectivity index (χ1n) is 44.6. The third-order valence-electron chi connectivity index (χ3n) is 25.5. The van der Waals surface area contributed by atoms with E-state index < -0.39 is 132 Å². The zero-order chi connectivity index (χ0) is 98.2. The number of carbonyl (C=O) groups is 15. The van der Waals surface area contributed by atoms with E-state index in [1.807, 2.05) is 27.7 Å². The van der Waals surface area contributed by atoms with Gasteiger partial charge in [-0.25, -0.2) is 31.9 Å². The molecular weight excluding hydrogens is 1810 g/mol. The standard InChI is InChI=1S/C22H23F2N3O4.C17H22N2O5.C16H19ClN2O4.C16H20N2O5.C11H10ClNO4.C6H5F2N.C6H13NO/c1-22(6-9-31-10-7-22)26-21(30)19(28)18-12-14(17-3-2-8-27(17)18)20(29)25-13-4-5-15(23)16(24)11-13;1-17(5-8-24-9-6-17)18-15(21)14(20)13-10-11(16(22)23-2)12-4-3-7-19(12)13;1-16(4-7-23-8-5-16)18-15(22)13(20)12-9-10(14(17)21)11-3-2-6-19(11)12;1-16(4-7-23-8-5-16)17-14(20)13(19)12-9-10(15(21)22)11-3-2-6-18(11)12;1-17-11(16)6-5-8(9(14)10(12)15)13-4-2-3-7(6)13;7-5-2-1-4(9)3-6(5)8;1-6(7)2-4-8-5-3-6/h4-5,11-12H,2-3,6-10H2,1H3,(H,25,29)(H,26,30);10H,3-9H2,1-2H3,(H,18,21);9H,2-8H2,1H3,(H,18,22);9H,2-8H2,1H3,(H,17,20)(H,21,22);5H,2-4H2,1H3;1-3H,9H2;2-5,7H2,1H3. The molecule has 0 radical (unpaired) electrons. The van der Waals surface area contributed by atoms with Crippen molar-refractivity contribution in [3.8, 4) is 0 Å². The van der Waals surface area contributed by atoms with Gasteiger partial charge >= 0.3 is 17.9 Å². The van der Waals surface area contributed by atoms with Gasteiger partial charge in [0.15, 0.2) is 23.3 Å². The summed E-state index contributed by atoms with van der Waals surface area (Å²) in [5.74, 6) is -12.5. The van der Waals surface area contributed by atoms with Crippen LogP contribution >= 0.6 is 23.2 Å². The first kappa shape index (κ1) is 104. The van der Waals surface area contributed by atoms with Gasteiger partial charge in [-0.1, -0.05) is 0 Å². The first-order valence-corrected chi connectivity index (χ1v) is 45.3. The van der Waals surface area contributed by atoms with E-state index in [1.54, 1.807) is 22.8 Å². The predicted molar refractivity (Wildman–Crippen MR) is 480 cm³/mol. The second-order valence-electron chi connectivity index (χ2n) is 35.7. The van der Waals surface area contributed by atoms with Crippen LogP contribution in [0.1, 0.15) is 264 Å². The highest BCUT2D eigenvalue weighted by atomic mass is 35.5. The van der Waals surface area contributed by atoms with E-state index in [0.29, 0.717) is 197 Å². The van der Waals surface area contributed by atoms with Gasteiger partial charge in [-0.3, -0.25) is 57.5 Å². The summed E-state index contributed by atoms with van der Waals surface area (Å²) in [6.07, 6.45) is 14.5. The number of hydrogen-bond acceptors (Lipinski definition) is 24. The first-order chi connectivity index (χ1) is 64.0. The van der Waals surface area contributed by atoms with Crippen LogP contribution < -0.4 is 38.1 Å². The van der Waals surface area contributed by atoms with Crippen molar-refractivity contribution in [2.24, 2.45) is 5.73 Å². The second-order valence-corrected chi connectivity index (χ2v) is 36.4. The van der Waals surface area contributed by atoms with Gasteiger partial charge in [0.05, 0.1) is 70.5 Å². The molecule has 15 heterocycles. The average Bonchev–Trinajstić information content (AvgIpc) is 1.64. The molecule has 7 aromatic rings. The van der Waals surface area contributed by atoms with Gasteiger partial charge < -0.3 is 99.2 Å². The Balaban J connectivity index is 0.000000156. The highest BCUT2D eigenvalue weighted by molar-refractivity contribution is 6.83. The molecule has 10 aliphatic heterocycles. The molecule has 41 heteroatoms. The summed E-state index contributed by atoms with van der Waals surface area (Å²) in [6, 6.07) is 13.3. The second kappa shape index (κ2) is 45.2. The number of esters is 2. The number of ketones is 5. The highest BCUT2D eigenvalue weighted by Crippen LogP contribution is 2.34. The number of rotatable bonds is 20. The number of carboxylic acid groups (broad SMARTS) is 1. The molecule has 2 aromatic carbocycles. The molecule has 5 fully saturated rings. The van der Waals surface area contributed by atoms with Crippen LogP contribution in [0.4, 0.5) is 28.9 Å². The van der Waals surface area contributed by atoms with Gasteiger partial charge in [-0.15, -0.1) is 0 Å². The largest absolute Gasteiger partial charge is 0.478 e. The maximum absolute atomic E-state index is 13.4. The van der Waals surface area contributed by atoms with Gasteiger partial charge in [0.2, 0.25) is 0 Å². The molecule has 17 rings (SSSR count). The van der Waals surface area contributed by atoms with Crippen LogP contribution in [-0.4, -0.2) is 223 Å². The molecule has 0 saturated carbocycles. The Labute approximate surface area is 784 Å². The van der Waals surface area contributed by atoms with Crippen molar-refractivity contribution in [3.05, 3.63) is 175 Å². The zero-order valence-corrected chi connectivity index (χ0v) is 77.7. The normalized spacial score (nSPS) is 17.8. The Morgan fingerprint density at radius 3 is 0.926 bits per heavy atom. The molecule has 10 aliphatic rings. The lowest BCUT2D eigenvalue weighted by atomic mass is 9.92. The van der Waals surface area contributed by atoms with E-state index in [1.165, 1.54) is 56.7 Å². The van der Waals surface area contributed by atoms with Gasteiger partial charge in [0.25, 0.3) is 68.9 Å². The highest BCUT2D eigenvalue weighted by Gasteiger charge is 2.41. The maximum atomic E-state index is 13.4. The topological polar surface area (TPSA) is 478 Å². The van der Waals surface area contributed by atoms with Crippen molar-refractivity contribution in [2.45, 2.75) is 223 Å². The van der Waals surface area contributed by atoms with E-state index in [-0.39, 0.29) is 56.5 Å². The fraction of sp³-hybridized carbons (Fsp3) is 0.500. The van der Waals surface area contributed by atoms with Crippen LogP contribution in [0.5, 0.6) is 0 Å². The lowest BCUT2D eigenvalue weighted by Gasteiger charge is -2.34. The zero-order valence-electron chi connectivity index (χ0n) is 76.2. The lowest BCUT2D eigenvalue weighted by Crippen LogP contribution is -2.51. The molecule has 5 saturated heterocycles. The molecule has 10 N–H and O–H groups in total. The molecule has 0 spiro atoms. The number of fused-ring (bicyclic) bond motifs is 5. The van der Waals surface area contributed by atoms with Gasteiger partial charge in [0, 0.05) is 172 Å². The number of ether oxygens (including phenoxy) is 7. The average molecular weight is 1920 g/mol. The lowest BCUT2D eigenvalue weighted by molar-refractivity contribution is -0.120. The number of nitrogens with one attached hydrogen (secondary N) is 5. The Morgan fingerprint density at radius 1 is 0.370 bits per heavy atom. The molecular formula is C94H112Cl2F4N12O23. The number of aromatic nitrogens is 5. The fourth-order valence-corrected chi connectivity index (χ4v) is 17.7. The van der Waals surface area contributed by atoms with Crippen LogP contribution in [0.25, 0.3) is 0 Å². The number of carbonyl (C=O) groups excluding carboxylic acids is 14. The molecule has 0 aliphatic carbocycles. The molecule has 0 bridgehead atoms. The molecule has 0 unspecified atom stereocenters. The van der Waals surface area contributed by atoms with E-state index in [2.05, 4.69) is 38.2 Å². The molecule has 0 atom stereocenters. The van der Waals surface area contributed by atoms with E-state index >= 15 is 0 Å². The van der Waals surface area contributed by atoms with Crippen molar-refractivity contribution < 1.29 is 128 Å². The summed E-state index contributed by atoms with van der Waals surface area (Å²) in [5, 5.41) is 21.4. The number of halogens is 6. The van der Waals surface area contributed by atoms with Crippen LogP contribution in [0.15, 0.2) is 66.7 Å². The summed E-state index contributed by atoms with van der Waals surface area (Å²) in [6.45, 7) is 18.7. The third kappa shape index (κ3) is 25.7. The van der Waals surface area contributed by atoms with Gasteiger partial charge in [-0.05, 0) is 247 Å². The smallest absolute Gasteiger partial charge is 0.339 e. The Morgan fingerprint density at radius 2 is 0.644 bits per heavy atom. The van der Waals surface area contributed by atoms with E-state index in [4.69, 9.17) is 63.1 Å². The summed E-state index contributed by atoms with van der Waals surface area (Å²) >= 11 is 10.8. The quantitative estimate of drug-likeness (QED) is 0.00878. The van der Waals surface area contributed by atoms with Crippen molar-refractivity contribution in [2.75, 3.05) is 91.3 Å². The SMILES string of the molecule is CC1(N)CCOCC1.CC1(NC(=O)C(=O)c2cc(C(=O)Cl)c3n2CCC3)CCOCC1.CC1(NC(=O)C(=O)c2cc(C(=O)Nc3ccc(F)c(F)c3)c3n2CCC3)CCOCC1.CC1(NC(=O)C(=O)c2cc(C(=O)O)c3n2CCC3)CCOCC1.COC(=O)c1cc(C(=O)C(=O)Cl)n2c1CCC2.COC(=O)c1cc(C(=O)C(=O)NC2(C)CCOCC2)n2c1CCC2.Nc1ccc(F)c(F)c1. The van der Waals surface area contributed by atoms with Crippen LogP contribution in [0.3, 0.4) is 0 Å². The third-order valence-corrected chi connectivity index (χ3v) is 25.9. The van der Waals surface area contributed by atoms with Crippen molar-refractivity contribution >= 4 is 121 Å². The molecule has 135 heavy (non-hydrogen) atoms. The summed E-state index contributed by atoms with van der Waals surface area (Å²) in [5.41, 5.74) is 15.4. The number of amides is 5. The number of hydrogen-bond donors (Lipinski definition) is 8. The van der Waals surface area contributed by atoms with Crippen LogP contribution in [0, 0.1) is 23.3 Å². The number of benzene rings is 2. The number of nitrogens with zero attached hydrogens (tertiary/aromatic N) is 5. The molecule has 5 aromatic heterocycles. The maximum Gasteiger partial charge on any atom is 0.339 e. The Bertz CT molecular complexity index is 5600.